The molecule has 8 heteroatoms. The number of benzene rings is 2. The minimum absolute atomic E-state index is 0.0479. The topological polar surface area (TPSA) is 115 Å². The van der Waals surface area contributed by atoms with Crippen LogP contribution in [0.5, 0.6) is 0 Å². The molecule has 0 saturated heterocycles. The van der Waals surface area contributed by atoms with Gasteiger partial charge in [-0.25, -0.2) is 0 Å². The smallest absolute Gasteiger partial charge is 0.308 e. The maximum atomic E-state index is 13.6. The van der Waals surface area contributed by atoms with Crippen molar-refractivity contribution in [2.75, 3.05) is 26.2 Å². The predicted octanol–water partition coefficient (Wildman–Crippen LogP) is 3.60. The normalized spacial score (nSPS) is 18.7. The predicted molar refractivity (Wildman–Crippen MR) is 159 cm³/mol. The van der Waals surface area contributed by atoms with Gasteiger partial charge in [0.2, 0.25) is 11.8 Å². The molecule has 2 N–H and O–H groups in total. The summed E-state index contributed by atoms with van der Waals surface area (Å²) in [7, 11) is 0. The third kappa shape index (κ3) is 8.24. The first-order valence-electron chi connectivity index (χ1n) is 14.3. The quantitative estimate of drug-likeness (QED) is 0.377. The monoisotopic (exact) mass is 570 g/mol. The van der Waals surface area contributed by atoms with Crippen LogP contribution in [-0.4, -0.2) is 69.9 Å². The Labute approximate surface area is 247 Å². The van der Waals surface area contributed by atoms with E-state index in [1.165, 1.54) is 9.80 Å². The van der Waals surface area contributed by atoms with Gasteiger partial charge in [-0.05, 0) is 24.0 Å². The molecule has 2 amide bonds. The van der Waals surface area contributed by atoms with Gasteiger partial charge < -0.3 is 20.0 Å². The molecule has 0 radical (unpaired) electrons. The molecular weight excluding hydrogens is 532 g/mol. The Balaban J connectivity index is 1.77. The lowest BCUT2D eigenvalue weighted by molar-refractivity contribution is -0.187. The summed E-state index contributed by atoms with van der Waals surface area (Å²) in [6, 6.07) is 19.2. The zero-order valence-corrected chi connectivity index (χ0v) is 24.2. The van der Waals surface area contributed by atoms with Crippen molar-refractivity contribution in [3.63, 3.8) is 0 Å². The molecule has 0 bridgehead atoms. The number of hydrogen-bond acceptors (Lipinski definition) is 4. The zero-order chi connectivity index (χ0) is 30.5. The van der Waals surface area contributed by atoms with Gasteiger partial charge in [0.1, 0.15) is 0 Å². The maximum absolute atomic E-state index is 13.6. The summed E-state index contributed by atoms with van der Waals surface area (Å²) in [5.41, 5.74) is 2.05. The number of carboxylic acids is 2. The van der Waals surface area contributed by atoms with E-state index in [-0.39, 0.29) is 13.1 Å². The standard InChI is InChI=1S/C34H38N2O6/c1-3-21-35(23-13-11-19-25-15-7-5-8-16-25)31(37)27-29(33(39)40)28(30(27)34(41)42)32(38)36(22-4-2)24-14-12-20-26-17-9-6-10-18-26/h5-10,15-18,27-30H,3-4,19-24H2,1-2H3,(H,39,40)(H,41,42)/t27-,28-,29-,30-. The summed E-state index contributed by atoms with van der Waals surface area (Å²) < 4.78 is 0. The molecule has 0 heterocycles. The molecule has 1 fully saturated rings. The molecule has 8 nitrogen and oxygen atoms in total. The summed E-state index contributed by atoms with van der Waals surface area (Å²) in [5, 5.41) is 20.2. The molecule has 0 aromatic heterocycles. The molecule has 0 aliphatic heterocycles. The van der Waals surface area contributed by atoms with Gasteiger partial charge in [0.05, 0.1) is 36.8 Å². The van der Waals surface area contributed by atoms with Crippen LogP contribution in [0.15, 0.2) is 60.7 Å². The lowest BCUT2D eigenvalue weighted by Crippen LogP contribution is -2.64. The number of aliphatic carboxylic acids is 2. The fourth-order valence-corrected chi connectivity index (χ4v) is 5.30. The van der Waals surface area contributed by atoms with Crippen LogP contribution in [0.1, 0.15) is 37.8 Å². The lowest BCUT2D eigenvalue weighted by atomic mass is 9.55. The van der Waals surface area contributed by atoms with Gasteiger partial charge in [-0.3, -0.25) is 19.2 Å². The molecule has 1 saturated carbocycles. The van der Waals surface area contributed by atoms with E-state index < -0.39 is 47.4 Å². The van der Waals surface area contributed by atoms with Gasteiger partial charge in [0.25, 0.3) is 0 Å². The zero-order valence-electron chi connectivity index (χ0n) is 24.2. The Morgan fingerprint density at radius 3 is 1.26 bits per heavy atom. The molecule has 1 aliphatic carbocycles. The number of rotatable bonds is 12. The molecule has 220 valence electrons. The van der Waals surface area contributed by atoms with Crippen LogP contribution >= 0.6 is 0 Å². The van der Waals surface area contributed by atoms with Crippen LogP contribution in [0.2, 0.25) is 0 Å². The molecule has 2 aromatic rings. The minimum atomic E-state index is -1.45. The van der Waals surface area contributed by atoms with E-state index in [1.807, 2.05) is 74.5 Å². The highest BCUT2D eigenvalue weighted by atomic mass is 16.4. The Hall–Kier alpha value is -4.56. The molecule has 0 spiro atoms. The van der Waals surface area contributed by atoms with Crippen molar-refractivity contribution in [3.05, 3.63) is 71.8 Å². The van der Waals surface area contributed by atoms with E-state index >= 15 is 0 Å². The largest absolute Gasteiger partial charge is 0.481 e. The second-order valence-corrected chi connectivity index (χ2v) is 10.3. The van der Waals surface area contributed by atoms with Crippen LogP contribution in [0.25, 0.3) is 0 Å². The number of carbonyl (C=O) groups is 4. The highest BCUT2D eigenvalue weighted by Gasteiger charge is 2.64. The fraction of sp³-hybridized carbons (Fsp3) is 0.412. The summed E-state index contributed by atoms with van der Waals surface area (Å²) >= 11 is 0. The third-order valence-corrected chi connectivity index (χ3v) is 7.36. The second kappa shape index (κ2) is 16.0. The number of amides is 2. The van der Waals surface area contributed by atoms with Crippen molar-refractivity contribution in [1.29, 1.82) is 0 Å². The number of nitrogens with zero attached hydrogens (tertiary/aromatic N) is 2. The van der Waals surface area contributed by atoms with Crippen molar-refractivity contribution < 1.29 is 29.4 Å². The van der Waals surface area contributed by atoms with E-state index in [1.54, 1.807) is 0 Å². The molecular formula is C34H38N2O6. The van der Waals surface area contributed by atoms with Crippen molar-refractivity contribution in [2.45, 2.75) is 39.5 Å². The summed E-state index contributed by atoms with van der Waals surface area (Å²) in [6.07, 6.45) is 2.16. The van der Waals surface area contributed by atoms with Crippen molar-refractivity contribution in [1.82, 2.24) is 9.80 Å². The van der Waals surface area contributed by atoms with Gasteiger partial charge in [-0.1, -0.05) is 98.2 Å². The van der Waals surface area contributed by atoms with Crippen molar-refractivity contribution in [3.8, 4) is 23.7 Å². The van der Waals surface area contributed by atoms with Crippen LogP contribution in [0.3, 0.4) is 0 Å². The fourth-order valence-electron chi connectivity index (χ4n) is 5.30. The van der Waals surface area contributed by atoms with Crippen LogP contribution in [-0.2, 0) is 32.0 Å². The van der Waals surface area contributed by atoms with Gasteiger partial charge in [0, 0.05) is 25.9 Å². The van der Waals surface area contributed by atoms with Crippen molar-refractivity contribution in [2.24, 2.45) is 23.7 Å². The van der Waals surface area contributed by atoms with Gasteiger partial charge in [-0.2, -0.15) is 0 Å². The van der Waals surface area contributed by atoms with Crippen LogP contribution in [0.4, 0.5) is 0 Å². The van der Waals surface area contributed by atoms with E-state index in [0.717, 1.165) is 11.1 Å². The van der Waals surface area contributed by atoms with E-state index in [9.17, 15) is 29.4 Å². The maximum Gasteiger partial charge on any atom is 0.308 e. The second-order valence-electron chi connectivity index (χ2n) is 10.3. The minimum Gasteiger partial charge on any atom is -0.481 e. The van der Waals surface area contributed by atoms with Gasteiger partial charge >= 0.3 is 11.9 Å². The Morgan fingerprint density at radius 2 is 0.952 bits per heavy atom. The molecule has 2 aromatic carbocycles. The van der Waals surface area contributed by atoms with Crippen molar-refractivity contribution >= 4 is 23.8 Å². The van der Waals surface area contributed by atoms with Gasteiger partial charge in [-0.15, -0.1) is 0 Å². The Morgan fingerprint density at radius 1 is 0.595 bits per heavy atom. The summed E-state index contributed by atoms with van der Waals surface area (Å²) in [4.78, 5) is 54.8. The first-order valence-corrected chi connectivity index (χ1v) is 14.3. The van der Waals surface area contributed by atoms with Crippen LogP contribution < -0.4 is 0 Å². The molecule has 0 unspecified atom stereocenters. The molecule has 1 aliphatic rings. The molecule has 0 atom stereocenters. The first kappa shape index (κ1) is 32.0. The number of hydrogen-bond donors (Lipinski definition) is 2. The lowest BCUT2D eigenvalue weighted by Gasteiger charge is -2.48. The first-order chi connectivity index (χ1) is 20.3. The van der Waals surface area contributed by atoms with Crippen LogP contribution in [0, 0.1) is 47.4 Å². The van der Waals surface area contributed by atoms with E-state index in [2.05, 4.69) is 23.7 Å². The molecule has 42 heavy (non-hydrogen) atoms. The summed E-state index contributed by atoms with van der Waals surface area (Å²) in [6.45, 7) is 4.43. The average molecular weight is 571 g/mol. The number of carboxylic acid groups (broad SMARTS) is 2. The Kier molecular flexibility index (Phi) is 12.2. The highest BCUT2D eigenvalue weighted by Crippen LogP contribution is 2.48. The molecule has 3 rings (SSSR count). The average Bonchev–Trinajstić information content (AvgIpc) is 2.96. The summed E-state index contributed by atoms with van der Waals surface area (Å²) in [5.74, 6) is 2.48. The van der Waals surface area contributed by atoms with E-state index in [4.69, 9.17) is 0 Å². The van der Waals surface area contributed by atoms with Gasteiger partial charge in [0.15, 0.2) is 0 Å². The van der Waals surface area contributed by atoms with E-state index in [0.29, 0.717) is 38.8 Å². The highest BCUT2D eigenvalue weighted by molar-refractivity contribution is 5.99. The third-order valence-electron chi connectivity index (χ3n) is 7.36. The number of carbonyl (C=O) groups excluding carboxylic acids is 2. The SMILES string of the molecule is CCCN(CC#CCc1ccccc1)C(=O)[C@H]1[C@H](C(=O)O)[C@H](C(=O)N(CC#CCc2ccccc2)CCC)[C@H]1C(=O)O. The Bertz CT molecular complexity index is 1240.